The van der Waals surface area contributed by atoms with E-state index in [-0.39, 0.29) is 11.7 Å². The van der Waals surface area contributed by atoms with E-state index in [4.69, 9.17) is 19.6 Å². The Morgan fingerprint density at radius 2 is 1.57 bits per heavy atom. The van der Waals surface area contributed by atoms with Gasteiger partial charge in [-0.05, 0) is 57.4 Å². The fourth-order valence-electron chi connectivity index (χ4n) is 5.76. The van der Waals surface area contributed by atoms with Gasteiger partial charge in [-0.15, -0.1) is 5.10 Å². The van der Waals surface area contributed by atoms with E-state index in [0.29, 0.717) is 22.9 Å². The van der Waals surface area contributed by atoms with Crippen LogP contribution in [0.5, 0.6) is 23.1 Å². The normalized spacial score (nSPS) is 14.2. The van der Waals surface area contributed by atoms with Gasteiger partial charge in [0.2, 0.25) is 5.88 Å². The lowest BCUT2D eigenvalue weighted by Crippen LogP contribution is -2.15. The minimum absolute atomic E-state index is 0.121. The monoisotopic (exact) mass is 522 g/mol. The minimum Gasteiger partial charge on any atom is -0.507 e. The zero-order valence-electron chi connectivity index (χ0n) is 21.4. The van der Waals surface area contributed by atoms with Crippen LogP contribution in [-0.4, -0.2) is 31.8 Å². The first-order valence-electron chi connectivity index (χ1n) is 13.0. The molecular weight excluding hydrogens is 500 g/mol. The van der Waals surface area contributed by atoms with Gasteiger partial charge >= 0.3 is 0 Å². The molecule has 1 aliphatic heterocycles. The Morgan fingerprint density at radius 1 is 0.825 bits per heavy atom. The van der Waals surface area contributed by atoms with Gasteiger partial charge in [-0.25, -0.2) is 14.5 Å². The van der Waals surface area contributed by atoms with Crippen LogP contribution in [0.25, 0.3) is 38.6 Å². The summed E-state index contributed by atoms with van der Waals surface area (Å²) in [4.78, 5) is 9.64. The van der Waals surface area contributed by atoms with Crippen LogP contribution < -0.4 is 9.47 Å². The lowest BCUT2D eigenvalue weighted by atomic mass is 9.81. The third-order valence-corrected chi connectivity index (χ3v) is 7.66. The van der Waals surface area contributed by atoms with Gasteiger partial charge in [0.25, 0.3) is 0 Å². The summed E-state index contributed by atoms with van der Waals surface area (Å²) in [7, 11) is 1.66. The molecule has 1 atom stereocenters. The number of phenolic OH excluding ortho intramolecular Hbond substituents is 1. The minimum atomic E-state index is -0.228. The quantitative estimate of drug-likeness (QED) is 0.267. The number of fused-ring (bicyclic) bond motifs is 7. The van der Waals surface area contributed by atoms with Crippen molar-refractivity contribution in [3.63, 3.8) is 0 Å². The first-order valence-corrected chi connectivity index (χ1v) is 13.0. The van der Waals surface area contributed by atoms with E-state index >= 15 is 0 Å². The standard InChI is InChI=1S/C33H22N4O3/c1-39-23-13-10-20(11-14-23)28-29-24-9-5-4-6-19(24)12-15-27(29)40-33-30(28)32-35-31(36-37(32)18-34-33)25-16-21-7-2-3-8-22(21)17-26(25)38/h2-18,28,38H,1H3. The van der Waals surface area contributed by atoms with Gasteiger partial charge in [0.05, 0.1) is 18.2 Å². The summed E-state index contributed by atoms with van der Waals surface area (Å²) in [6.45, 7) is 0. The van der Waals surface area contributed by atoms with Gasteiger partial charge in [-0.3, -0.25) is 0 Å². The molecule has 0 fully saturated rings. The van der Waals surface area contributed by atoms with Crippen LogP contribution in [0.1, 0.15) is 22.6 Å². The molecule has 0 bridgehead atoms. The lowest BCUT2D eigenvalue weighted by molar-refractivity contribution is 0.414. The van der Waals surface area contributed by atoms with Crippen LogP contribution in [0.4, 0.5) is 0 Å². The molecule has 7 aromatic rings. The highest BCUT2D eigenvalue weighted by atomic mass is 16.5. The Kier molecular flexibility index (Phi) is 4.81. The number of benzene rings is 5. The molecule has 3 heterocycles. The zero-order valence-corrected chi connectivity index (χ0v) is 21.4. The van der Waals surface area contributed by atoms with E-state index in [1.807, 2.05) is 60.7 Å². The highest BCUT2D eigenvalue weighted by molar-refractivity contribution is 5.92. The number of aromatic hydroxyl groups is 1. The molecule has 7 heteroatoms. The highest BCUT2D eigenvalue weighted by Crippen LogP contribution is 2.50. The molecule has 0 saturated heterocycles. The van der Waals surface area contributed by atoms with Crippen LogP contribution in [0.2, 0.25) is 0 Å². The lowest BCUT2D eigenvalue weighted by Gasteiger charge is -2.29. The van der Waals surface area contributed by atoms with Gasteiger partial charge in [0.1, 0.15) is 23.6 Å². The van der Waals surface area contributed by atoms with Crippen molar-refractivity contribution in [1.82, 2.24) is 19.6 Å². The third-order valence-electron chi connectivity index (χ3n) is 7.66. The number of methoxy groups -OCH3 is 1. The number of nitrogens with zero attached hydrogens (tertiary/aromatic N) is 4. The number of ether oxygens (including phenoxy) is 2. The summed E-state index contributed by atoms with van der Waals surface area (Å²) in [6.07, 6.45) is 1.61. The van der Waals surface area contributed by atoms with Gasteiger partial charge in [0.15, 0.2) is 11.5 Å². The van der Waals surface area contributed by atoms with Crippen molar-refractivity contribution in [1.29, 1.82) is 0 Å². The molecule has 1 N–H and O–H groups in total. The molecule has 40 heavy (non-hydrogen) atoms. The van der Waals surface area contributed by atoms with Crippen molar-refractivity contribution in [2.45, 2.75) is 5.92 Å². The molecule has 0 aliphatic carbocycles. The molecule has 0 amide bonds. The molecule has 0 radical (unpaired) electrons. The Hall–Kier alpha value is -5.43. The van der Waals surface area contributed by atoms with Crippen molar-refractivity contribution in [2.75, 3.05) is 7.11 Å². The molecule has 1 aliphatic rings. The summed E-state index contributed by atoms with van der Waals surface area (Å²) in [5.41, 5.74) is 4.09. The number of rotatable bonds is 3. The summed E-state index contributed by atoms with van der Waals surface area (Å²) >= 11 is 0. The summed E-state index contributed by atoms with van der Waals surface area (Å²) in [6, 6.07) is 32.0. The summed E-state index contributed by atoms with van der Waals surface area (Å²) in [5.74, 6) is 2.33. The predicted octanol–water partition coefficient (Wildman–Crippen LogP) is 7.10. The van der Waals surface area contributed by atoms with Crippen LogP contribution in [0.3, 0.4) is 0 Å². The van der Waals surface area contributed by atoms with E-state index in [2.05, 4.69) is 35.3 Å². The Morgan fingerprint density at radius 3 is 2.38 bits per heavy atom. The fraction of sp³-hybridized carbons (Fsp3) is 0.0606. The highest BCUT2D eigenvalue weighted by Gasteiger charge is 2.35. The van der Waals surface area contributed by atoms with E-state index in [0.717, 1.165) is 49.7 Å². The van der Waals surface area contributed by atoms with Gasteiger partial charge < -0.3 is 14.6 Å². The Bertz CT molecular complexity index is 2100. The molecule has 2 aromatic heterocycles. The second-order valence-electron chi connectivity index (χ2n) is 9.89. The SMILES string of the molecule is COc1ccc(C2c3c(ccc4ccccc34)Oc3ncn4nc(-c5cc6ccccc6cc5O)nc4c32)cc1. The zero-order chi connectivity index (χ0) is 26.8. The maximum atomic E-state index is 10.9. The van der Waals surface area contributed by atoms with Crippen molar-refractivity contribution < 1.29 is 14.6 Å². The van der Waals surface area contributed by atoms with Crippen LogP contribution in [0, 0.1) is 0 Å². The van der Waals surface area contributed by atoms with Gasteiger partial charge in [-0.2, -0.15) is 0 Å². The van der Waals surface area contributed by atoms with Gasteiger partial charge in [-0.1, -0.05) is 66.7 Å². The van der Waals surface area contributed by atoms with Gasteiger partial charge in [0, 0.05) is 11.5 Å². The maximum absolute atomic E-state index is 10.9. The van der Waals surface area contributed by atoms with E-state index < -0.39 is 0 Å². The van der Waals surface area contributed by atoms with E-state index in [1.54, 1.807) is 24.0 Å². The van der Waals surface area contributed by atoms with Crippen molar-refractivity contribution in [3.8, 4) is 34.5 Å². The Balaban J connectivity index is 1.40. The first-order chi connectivity index (χ1) is 19.7. The molecule has 7 nitrogen and oxygen atoms in total. The largest absolute Gasteiger partial charge is 0.507 e. The van der Waals surface area contributed by atoms with Crippen LogP contribution in [0.15, 0.2) is 103 Å². The van der Waals surface area contributed by atoms with Crippen LogP contribution >= 0.6 is 0 Å². The molecular formula is C33H22N4O3. The molecule has 192 valence electrons. The number of aromatic nitrogens is 4. The summed E-state index contributed by atoms with van der Waals surface area (Å²) < 4.78 is 13.5. The smallest absolute Gasteiger partial charge is 0.228 e. The van der Waals surface area contributed by atoms with Crippen molar-refractivity contribution >= 4 is 27.2 Å². The second-order valence-corrected chi connectivity index (χ2v) is 9.89. The topological polar surface area (TPSA) is 81.8 Å². The molecule has 0 spiro atoms. The maximum Gasteiger partial charge on any atom is 0.228 e. The van der Waals surface area contributed by atoms with Crippen molar-refractivity contribution in [2.24, 2.45) is 0 Å². The molecule has 0 saturated carbocycles. The molecule has 5 aromatic carbocycles. The predicted molar refractivity (Wildman–Crippen MR) is 153 cm³/mol. The summed E-state index contributed by atoms with van der Waals surface area (Å²) in [5, 5.41) is 19.8. The average molecular weight is 523 g/mol. The third kappa shape index (κ3) is 3.34. The van der Waals surface area contributed by atoms with E-state index in [9.17, 15) is 5.11 Å². The second kappa shape index (κ2) is 8.54. The average Bonchev–Trinajstić information content (AvgIpc) is 3.44. The fourth-order valence-corrected chi connectivity index (χ4v) is 5.76. The Labute approximate surface area is 228 Å². The van der Waals surface area contributed by atoms with Crippen molar-refractivity contribution in [3.05, 3.63) is 120 Å². The number of phenols is 1. The first kappa shape index (κ1) is 22.5. The number of hydrogen-bond donors (Lipinski definition) is 1. The number of hydrogen-bond acceptors (Lipinski definition) is 6. The van der Waals surface area contributed by atoms with Crippen LogP contribution in [-0.2, 0) is 0 Å². The van der Waals surface area contributed by atoms with E-state index in [1.165, 1.54) is 0 Å². The molecule has 1 unspecified atom stereocenters. The molecule has 8 rings (SSSR count).